The zero-order valence-corrected chi connectivity index (χ0v) is 29.1. The fourth-order valence-corrected chi connectivity index (χ4v) is 6.91. The molecule has 7 nitrogen and oxygen atoms in total. The van der Waals surface area contributed by atoms with Gasteiger partial charge in [0.05, 0.1) is 10.6 Å². The fourth-order valence-electron chi connectivity index (χ4n) is 4.66. The molecule has 4 aromatic carbocycles. The van der Waals surface area contributed by atoms with Crippen molar-refractivity contribution in [2.45, 2.75) is 37.8 Å². The van der Waals surface area contributed by atoms with Crippen LogP contribution in [0.1, 0.15) is 25.0 Å². The molecule has 0 fully saturated rings. The molecule has 4 rings (SSSR count). The lowest BCUT2D eigenvalue weighted by Gasteiger charge is -2.34. The van der Waals surface area contributed by atoms with Crippen molar-refractivity contribution in [2.75, 3.05) is 17.4 Å². The number of nitrogens with zero attached hydrogens (tertiary/aromatic N) is 2. The van der Waals surface area contributed by atoms with Gasteiger partial charge in [-0.15, -0.1) is 0 Å². The number of nitrogens with one attached hydrogen (secondary N) is 1. The van der Waals surface area contributed by atoms with Crippen LogP contribution >= 0.6 is 38.5 Å². The zero-order chi connectivity index (χ0) is 31.7. The van der Waals surface area contributed by atoms with Crippen molar-refractivity contribution in [2.24, 2.45) is 5.92 Å². The highest BCUT2D eigenvalue weighted by Crippen LogP contribution is 2.26. The molecular weight excluding hydrogens is 753 g/mol. The van der Waals surface area contributed by atoms with Gasteiger partial charge in [0, 0.05) is 27.6 Å². The summed E-state index contributed by atoms with van der Waals surface area (Å²) >= 11 is 5.66. The van der Waals surface area contributed by atoms with E-state index in [0.717, 1.165) is 23.5 Å². The van der Waals surface area contributed by atoms with Gasteiger partial charge in [-0.2, -0.15) is 0 Å². The molecule has 0 aliphatic carbocycles. The Morgan fingerprint density at radius 2 is 1.45 bits per heavy atom. The van der Waals surface area contributed by atoms with E-state index in [-0.39, 0.29) is 29.7 Å². The number of benzene rings is 4. The molecule has 0 radical (unpaired) electrons. The topological polar surface area (TPSA) is 86.8 Å². The van der Waals surface area contributed by atoms with Crippen molar-refractivity contribution in [3.63, 3.8) is 0 Å². The van der Waals surface area contributed by atoms with Crippen molar-refractivity contribution in [3.8, 4) is 0 Å². The van der Waals surface area contributed by atoms with Gasteiger partial charge in [-0.25, -0.2) is 8.42 Å². The van der Waals surface area contributed by atoms with Gasteiger partial charge >= 0.3 is 0 Å². The highest BCUT2D eigenvalue weighted by atomic mass is 127. The van der Waals surface area contributed by atoms with Crippen LogP contribution in [0.5, 0.6) is 0 Å². The van der Waals surface area contributed by atoms with Crippen LogP contribution < -0.4 is 9.62 Å². The van der Waals surface area contributed by atoms with Gasteiger partial charge in [-0.1, -0.05) is 90.4 Å². The van der Waals surface area contributed by atoms with Gasteiger partial charge in [0.15, 0.2) is 0 Å². The molecule has 0 saturated heterocycles. The third-order valence-corrected chi connectivity index (χ3v) is 9.92. The molecule has 10 heteroatoms. The third kappa shape index (κ3) is 9.15. The molecule has 2 amide bonds. The molecule has 230 valence electrons. The van der Waals surface area contributed by atoms with Crippen LogP contribution in [0.3, 0.4) is 0 Å². The minimum Gasteiger partial charge on any atom is -0.354 e. The van der Waals surface area contributed by atoms with Crippen LogP contribution in [-0.4, -0.2) is 44.3 Å². The monoisotopic (exact) mass is 787 g/mol. The molecule has 0 aliphatic heterocycles. The predicted octanol–water partition coefficient (Wildman–Crippen LogP) is 6.66. The Bertz CT molecular complexity index is 1650. The normalized spacial score (nSPS) is 12.0. The van der Waals surface area contributed by atoms with E-state index in [1.165, 1.54) is 17.0 Å². The van der Waals surface area contributed by atoms with E-state index in [9.17, 15) is 18.0 Å². The Balaban J connectivity index is 1.79. The van der Waals surface area contributed by atoms with Crippen molar-refractivity contribution in [1.82, 2.24) is 10.2 Å². The number of sulfonamides is 1. The highest BCUT2D eigenvalue weighted by Gasteiger charge is 2.34. The van der Waals surface area contributed by atoms with Gasteiger partial charge < -0.3 is 10.2 Å². The zero-order valence-electron chi connectivity index (χ0n) is 24.6. The van der Waals surface area contributed by atoms with Gasteiger partial charge in [0.2, 0.25) is 11.8 Å². The number of carbonyl (C=O) groups excluding carboxylic acids is 2. The second kappa shape index (κ2) is 15.7. The van der Waals surface area contributed by atoms with Crippen LogP contribution in [0, 0.1) is 9.49 Å². The molecule has 0 bridgehead atoms. The van der Waals surface area contributed by atoms with E-state index in [2.05, 4.69) is 43.8 Å². The largest absolute Gasteiger partial charge is 0.354 e. The summed E-state index contributed by atoms with van der Waals surface area (Å²) < 4.78 is 30.9. The number of halogens is 2. The molecular formula is C34H35BrIN3O4S. The highest BCUT2D eigenvalue weighted by molar-refractivity contribution is 14.1. The molecule has 0 saturated carbocycles. The van der Waals surface area contributed by atoms with E-state index >= 15 is 0 Å². The first kappa shape index (κ1) is 33.7. The Hall–Kier alpha value is -3.22. The third-order valence-electron chi connectivity index (χ3n) is 6.92. The average molecular weight is 789 g/mol. The summed E-state index contributed by atoms with van der Waals surface area (Å²) in [4.78, 5) is 29.9. The molecule has 0 aliphatic rings. The number of rotatable bonds is 13. The van der Waals surface area contributed by atoms with Gasteiger partial charge in [-0.3, -0.25) is 13.9 Å². The van der Waals surface area contributed by atoms with E-state index in [0.29, 0.717) is 12.2 Å². The maximum atomic E-state index is 14.5. The minimum absolute atomic E-state index is 0.0698. The number of amides is 2. The van der Waals surface area contributed by atoms with Crippen LogP contribution in [0.25, 0.3) is 0 Å². The lowest BCUT2D eigenvalue weighted by Crippen LogP contribution is -2.53. The Kier molecular flexibility index (Phi) is 12.0. The van der Waals surface area contributed by atoms with Crippen molar-refractivity contribution in [3.05, 3.63) is 128 Å². The summed E-state index contributed by atoms with van der Waals surface area (Å²) in [6.45, 7) is 4.07. The smallest absolute Gasteiger partial charge is 0.264 e. The summed E-state index contributed by atoms with van der Waals surface area (Å²) in [6.07, 6.45) is 0.263. The quantitative estimate of drug-likeness (QED) is 0.154. The molecule has 0 unspecified atom stereocenters. The number of hydrogen-bond acceptors (Lipinski definition) is 4. The SMILES string of the molecule is CC(C)CNC(=O)[C@H](Cc1ccccc1)N(Cc1cccc(Br)c1)C(=O)CN(c1ccc(I)cc1)S(=O)(=O)c1ccccc1. The molecule has 4 aromatic rings. The second-order valence-corrected chi connectivity index (χ2v) is 14.8. The number of carbonyl (C=O) groups is 2. The Morgan fingerprint density at radius 1 is 0.841 bits per heavy atom. The van der Waals surface area contributed by atoms with E-state index in [4.69, 9.17) is 0 Å². The van der Waals surface area contributed by atoms with Gasteiger partial charge in [0.25, 0.3) is 10.0 Å². The van der Waals surface area contributed by atoms with E-state index < -0.39 is 28.5 Å². The summed E-state index contributed by atoms with van der Waals surface area (Å²) in [7, 11) is -4.13. The van der Waals surface area contributed by atoms with E-state index in [1.54, 1.807) is 42.5 Å². The minimum atomic E-state index is -4.13. The summed E-state index contributed by atoms with van der Waals surface area (Å²) in [6, 6.07) is 31.2. The first-order valence-corrected chi connectivity index (χ1v) is 17.5. The maximum absolute atomic E-state index is 14.5. The average Bonchev–Trinajstić information content (AvgIpc) is 3.01. The fraction of sp³-hybridized carbons (Fsp3) is 0.235. The first-order chi connectivity index (χ1) is 21.0. The molecule has 0 aromatic heterocycles. The van der Waals surface area contributed by atoms with Crippen molar-refractivity contribution >= 4 is 66.0 Å². The second-order valence-electron chi connectivity index (χ2n) is 10.8. The number of hydrogen-bond donors (Lipinski definition) is 1. The van der Waals surface area contributed by atoms with Crippen LogP contribution in [0.15, 0.2) is 119 Å². The molecule has 1 atom stereocenters. The predicted molar refractivity (Wildman–Crippen MR) is 187 cm³/mol. The van der Waals surface area contributed by atoms with E-state index in [1.807, 2.05) is 68.4 Å². The Labute approximate surface area is 282 Å². The molecule has 1 N–H and O–H groups in total. The summed E-state index contributed by atoms with van der Waals surface area (Å²) in [5.74, 6) is -0.584. The Morgan fingerprint density at radius 3 is 2.07 bits per heavy atom. The summed E-state index contributed by atoms with van der Waals surface area (Å²) in [5.41, 5.74) is 2.04. The molecule has 0 spiro atoms. The lowest BCUT2D eigenvalue weighted by atomic mass is 10.0. The standard InChI is InChI=1S/C34H35BrIN3O4S/c1-25(2)22-37-34(41)32(21-26-10-5-3-6-11-26)38(23-27-12-9-13-28(35)20-27)33(40)24-39(30-18-16-29(36)17-19-30)44(42,43)31-14-7-4-8-15-31/h3-20,25,32H,21-24H2,1-2H3,(H,37,41)/t32-/m0/s1. The van der Waals surface area contributed by atoms with Crippen LogP contribution in [-0.2, 0) is 32.6 Å². The molecule has 44 heavy (non-hydrogen) atoms. The van der Waals surface area contributed by atoms with Crippen LogP contribution in [0.2, 0.25) is 0 Å². The first-order valence-electron chi connectivity index (χ1n) is 14.2. The molecule has 0 heterocycles. The van der Waals surface area contributed by atoms with Gasteiger partial charge in [-0.05, 0) is 88.2 Å². The number of anilines is 1. The van der Waals surface area contributed by atoms with Gasteiger partial charge in [0.1, 0.15) is 12.6 Å². The summed E-state index contributed by atoms with van der Waals surface area (Å²) in [5, 5.41) is 3.01. The lowest BCUT2D eigenvalue weighted by molar-refractivity contribution is -0.140. The van der Waals surface area contributed by atoms with Crippen LogP contribution in [0.4, 0.5) is 5.69 Å². The van der Waals surface area contributed by atoms with Crippen molar-refractivity contribution < 1.29 is 18.0 Å². The van der Waals surface area contributed by atoms with Crippen molar-refractivity contribution in [1.29, 1.82) is 0 Å². The maximum Gasteiger partial charge on any atom is 0.264 e.